The lowest BCUT2D eigenvalue weighted by atomic mass is 10.2. The third-order valence-electron chi connectivity index (χ3n) is 1.49. The molecule has 15 heavy (non-hydrogen) atoms. The third-order valence-corrected chi connectivity index (χ3v) is 2.49. The number of nitrogens with zero attached hydrogens (tertiary/aromatic N) is 1. The largest absolute Gasteiger partial charge is 0.395 e. The summed E-state index contributed by atoms with van der Waals surface area (Å²) in [7, 11) is -0.641. The van der Waals surface area contributed by atoms with Gasteiger partial charge < -0.3 is 4.18 Å². The molecule has 6 heteroatoms. The van der Waals surface area contributed by atoms with Crippen LogP contribution in [0.4, 0.5) is 0 Å². The van der Waals surface area contributed by atoms with E-state index in [0.29, 0.717) is 5.75 Å². The van der Waals surface area contributed by atoms with Gasteiger partial charge in [-0.15, -0.1) is 4.83 Å². The highest BCUT2D eigenvalue weighted by Gasteiger charge is 2.12. The molecule has 1 aromatic rings. The van der Waals surface area contributed by atoms with Crippen molar-refractivity contribution in [2.45, 2.75) is 6.92 Å². The molecular weight excluding hydrogens is 216 g/mol. The molecule has 0 spiro atoms. The van der Waals surface area contributed by atoms with Crippen molar-refractivity contribution < 1.29 is 12.6 Å². The van der Waals surface area contributed by atoms with Gasteiger partial charge in [0, 0.05) is 14.1 Å². The lowest BCUT2D eigenvalue weighted by Gasteiger charge is -2.12. The minimum absolute atomic E-state index is 0.296. The highest BCUT2D eigenvalue weighted by molar-refractivity contribution is 7.85. The number of nitrogens with one attached hydrogen (secondary N) is 1. The summed E-state index contributed by atoms with van der Waals surface area (Å²) in [6.45, 7) is 1.86. The van der Waals surface area contributed by atoms with Gasteiger partial charge in [0.05, 0.1) is 0 Å². The van der Waals surface area contributed by atoms with Crippen LogP contribution < -0.4 is 9.01 Å². The zero-order valence-corrected chi connectivity index (χ0v) is 9.71. The molecule has 0 saturated carbocycles. The maximum absolute atomic E-state index is 11.3. The van der Waals surface area contributed by atoms with Crippen LogP contribution in [0.5, 0.6) is 5.75 Å². The van der Waals surface area contributed by atoms with Gasteiger partial charge in [-0.25, -0.2) is 5.01 Å². The second-order valence-electron chi connectivity index (χ2n) is 3.34. The molecule has 0 aliphatic heterocycles. The van der Waals surface area contributed by atoms with Crippen LogP contribution in [0.25, 0.3) is 0 Å². The number of benzene rings is 1. The molecular formula is C9H14N2O3S. The van der Waals surface area contributed by atoms with Crippen LogP contribution in [0.2, 0.25) is 0 Å². The lowest BCUT2D eigenvalue weighted by Crippen LogP contribution is -2.38. The number of aryl methyl sites for hydroxylation is 1. The molecule has 0 radical (unpaired) electrons. The summed E-state index contributed by atoms with van der Waals surface area (Å²) in [6, 6.07) is 6.82. The van der Waals surface area contributed by atoms with E-state index in [1.165, 1.54) is 5.01 Å². The molecule has 1 rings (SSSR count). The van der Waals surface area contributed by atoms with E-state index < -0.39 is 10.3 Å². The van der Waals surface area contributed by atoms with E-state index in [1.54, 1.807) is 32.3 Å². The summed E-state index contributed by atoms with van der Waals surface area (Å²) in [5.74, 6) is 0.296. The molecule has 0 aromatic heterocycles. The average molecular weight is 230 g/mol. The summed E-state index contributed by atoms with van der Waals surface area (Å²) in [4.78, 5) is 2.17. The smallest absolute Gasteiger partial charge is 0.370 e. The van der Waals surface area contributed by atoms with E-state index in [0.717, 1.165) is 5.56 Å². The number of rotatable bonds is 4. The molecule has 0 fully saturated rings. The Balaban J connectivity index is 2.78. The summed E-state index contributed by atoms with van der Waals surface area (Å²) >= 11 is 0. The van der Waals surface area contributed by atoms with Gasteiger partial charge in [-0.2, -0.15) is 8.42 Å². The first-order valence-electron chi connectivity index (χ1n) is 4.35. The molecule has 0 bridgehead atoms. The number of hydrogen-bond donors (Lipinski definition) is 1. The Morgan fingerprint density at radius 2 is 2.00 bits per heavy atom. The summed E-state index contributed by atoms with van der Waals surface area (Å²) < 4.78 is 27.5. The molecule has 0 amide bonds. The van der Waals surface area contributed by atoms with Gasteiger partial charge in [0.2, 0.25) is 0 Å². The van der Waals surface area contributed by atoms with Crippen molar-refractivity contribution in [1.82, 2.24) is 9.84 Å². The Kier molecular flexibility index (Phi) is 3.67. The predicted octanol–water partition coefficient (Wildman–Crippen LogP) is 0.685. The fraction of sp³-hybridized carbons (Fsp3) is 0.333. The topological polar surface area (TPSA) is 58.6 Å². The van der Waals surface area contributed by atoms with Crippen molar-refractivity contribution in [3.8, 4) is 5.75 Å². The van der Waals surface area contributed by atoms with Crippen molar-refractivity contribution >= 4 is 10.3 Å². The van der Waals surface area contributed by atoms with Crippen LogP contribution in [-0.2, 0) is 10.3 Å². The quantitative estimate of drug-likeness (QED) is 0.773. The van der Waals surface area contributed by atoms with Crippen molar-refractivity contribution in [2.75, 3.05) is 14.1 Å². The number of hydrogen-bond acceptors (Lipinski definition) is 4. The van der Waals surface area contributed by atoms with Gasteiger partial charge in [0.25, 0.3) is 0 Å². The zero-order chi connectivity index (χ0) is 11.5. The maximum atomic E-state index is 11.3. The standard InChI is InChI=1S/C9H14N2O3S/c1-8-5-4-6-9(7-8)14-15(12,13)10-11(2)3/h4-7,10H,1-3H3. The Morgan fingerprint density at radius 1 is 1.33 bits per heavy atom. The monoisotopic (exact) mass is 230 g/mol. The average Bonchev–Trinajstić information content (AvgIpc) is 1.99. The molecule has 5 nitrogen and oxygen atoms in total. The Morgan fingerprint density at radius 3 is 2.53 bits per heavy atom. The van der Waals surface area contributed by atoms with E-state index in [1.807, 2.05) is 13.0 Å². The first-order chi connectivity index (χ1) is 6.89. The van der Waals surface area contributed by atoms with E-state index >= 15 is 0 Å². The van der Waals surface area contributed by atoms with E-state index in [2.05, 4.69) is 4.83 Å². The Labute approximate surface area is 89.9 Å². The van der Waals surface area contributed by atoms with Crippen molar-refractivity contribution in [2.24, 2.45) is 0 Å². The zero-order valence-electron chi connectivity index (χ0n) is 8.89. The van der Waals surface area contributed by atoms with E-state index in [9.17, 15) is 8.42 Å². The Hall–Kier alpha value is -1.11. The van der Waals surface area contributed by atoms with Crippen molar-refractivity contribution in [1.29, 1.82) is 0 Å². The highest BCUT2D eigenvalue weighted by atomic mass is 32.2. The minimum Gasteiger partial charge on any atom is -0.370 e. The van der Waals surface area contributed by atoms with E-state index in [-0.39, 0.29) is 0 Å². The van der Waals surface area contributed by atoms with E-state index in [4.69, 9.17) is 4.18 Å². The van der Waals surface area contributed by atoms with Gasteiger partial charge in [0.15, 0.2) is 0 Å². The summed E-state index contributed by atoms with van der Waals surface area (Å²) in [5, 5.41) is 1.30. The van der Waals surface area contributed by atoms with Gasteiger partial charge in [0.1, 0.15) is 5.75 Å². The fourth-order valence-electron chi connectivity index (χ4n) is 1.04. The first kappa shape index (κ1) is 12.0. The minimum atomic E-state index is -3.77. The van der Waals surface area contributed by atoms with Crippen LogP contribution in [0.15, 0.2) is 24.3 Å². The molecule has 0 heterocycles. The van der Waals surface area contributed by atoms with Gasteiger partial charge >= 0.3 is 10.3 Å². The van der Waals surface area contributed by atoms with Gasteiger partial charge in [-0.1, -0.05) is 12.1 Å². The van der Waals surface area contributed by atoms with Crippen LogP contribution in [0.3, 0.4) is 0 Å². The Bertz CT molecular complexity index is 429. The molecule has 0 saturated heterocycles. The van der Waals surface area contributed by atoms with Crippen molar-refractivity contribution in [3.05, 3.63) is 29.8 Å². The summed E-state index contributed by atoms with van der Waals surface area (Å²) in [5.41, 5.74) is 0.938. The van der Waals surface area contributed by atoms with Gasteiger partial charge in [-0.05, 0) is 24.6 Å². The van der Waals surface area contributed by atoms with Crippen molar-refractivity contribution in [3.63, 3.8) is 0 Å². The van der Waals surface area contributed by atoms with Crippen LogP contribution >= 0.6 is 0 Å². The second-order valence-corrected chi connectivity index (χ2v) is 4.60. The molecule has 0 aliphatic rings. The lowest BCUT2D eigenvalue weighted by molar-refractivity contribution is 0.338. The normalized spacial score (nSPS) is 11.7. The second kappa shape index (κ2) is 4.61. The SMILES string of the molecule is Cc1cccc(OS(=O)(=O)NN(C)C)c1. The fourth-order valence-corrected chi connectivity index (χ4v) is 1.88. The highest BCUT2D eigenvalue weighted by Crippen LogP contribution is 2.13. The van der Waals surface area contributed by atoms with Crippen LogP contribution in [-0.4, -0.2) is 27.5 Å². The molecule has 0 aliphatic carbocycles. The molecule has 84 valence electrons. The molecule has 1 aromatic carbocycles. The van der Waals surface area contributed by atoms with Crippen LogP contribution in [0, 0.1) is 6.92 Å². The maximum Gasteiger partial charge on any atom is 0.395 e. The predicted molar refractivity (Wildman–Crippen MR) is 57.5 cm³/mol. The molecule has 0 unspecified atom stereocenters. The molecule has 1 N–H and O–H groups in total. The van der Waals surface area contributed by atoms with Gasteiger partial charge in [-0.3, -0.25) is 0 Å². The first-order valence-corrected chi connectivity index (χ1v) is 5.76. The summed E-state index contributed by atoms with van der Waals surface area (Å²) in [6.07, 6.45) is 0. The van der Waals surface area contributed by atoms with Crippen LogP contribution in [0.1, 0.15) is 5.56 Å². The third kappa shape index (κ3) is 4.28. The number of hydrazine groups is 1. The molecule has 0 atom stereocenters.